The number of hydrogen-bond acceptors (Lipinski definition) is 5. The highest BCUT2D eigenvalue weighted by molar-refractivity contribution is 7.15. The number of thiazole rings is 1. The molecule has 0 radical (unpaired) electrons. The molecule has 0 amide bonds. The molecular formula is C14H20N4OS. The van der Waals surface area contributed by atoms with E-state index in [4.69, 9.17) is 5.73 Å². The van der Waals surface area contributed by atoms with Gasteiger partial charge in [0.1, 0.15) is 0 Å². The number of rotatable bonds is 3. The summed E-state index contributed by atoms with van der Waals surface area (Å²) in [5.74, 6) is 0. The molecule has 0 saturated carbocycles. The summed E-state index contributed by atoms with van der Waals surface area (Å²) in [5.41, 5.74) is 7.67. The maximum absolute atomic E-state index is 12.2. The predicted octanol–water partition coefficient (Wildman–Crippen LogP) is 1.38. The molecule has 0 aromatic carbocycles. The largest absolute Gasteiger partial charge is 0.329 e. The summed E-state index contributed by atoms with van der Waals surface area (Å²) >= 11 is 1.52. The third kappa shape index (κ3) is 2.51. The van der Waals surface area contributed by atoms with Crippen LogP contribution in [-0.4, -0.2) is 33.4 Å². The molecule has 1 aliphatic rings. The zero-order valence-electron chi connectivity index (χ0n) is 11.7. The summed E-state index contributed by atoms with van der Waals surface area (Å²) < 4.78 is 1.67. The van der Waals surface area contributed by atoms with Crippen molar-refractivity contribution >= 4 is 16.3 Å². The molecule has 1 unspecified atom stereocenters. The number of nitrogens with two attached hydrogens (primary N) is 1. The van der Waals surface area contributed by atoms with Crippen molar-refractivity contribution in [3.05, 3.63) is 33.2 Å². The Balaban J connectivity index is 1.89. The summed E-state index contributed by atoms with van der Waals surface area (Å²) in [7, 11) is 0. The maximum atomic E-state index is 12.2. The average molecular weight is 292 g/mol. The van der Waals surface area contributed by atoms with E-state index in [9.17, 15) is 4.79 Å². The smallest absolute Gasteiger partial charge is 0.259 e. The Morgan fingerprint density at radius 1 is 1.50 bits per heavy atom. The summed E-state index contributed by atoms with van der Waals surface area (Å²) in [5, 5.41) is 1.97. The van der Waals surface area contributed by atoms with E-state index in [0.29, 0.717) is 12.6 Å². The highest BCUT2D eigenvalue weighted by Crippen LogP contribution is 2.19. The highest BCUT2D eigenvalue weighted by Gasteiger charge is 2.21. The van der Waals surface area contributed by atoms with Gasteiger partial charge in [-0.15, -0.1) is 11.3 Å². The van der Waals surface area contributed by atoms with Crippen LogP contribution < -0.4 is 11.3 Å². The summed E-state index contributed by atoms with van der Waals surface area (Å²) in [4.78, 5) is 19.9. The molecule has 1 aliphatic heterocycles. The predicted molar refractivity (Wildman–Crippen MR) is 81.2 cm³/mol. The van der Waals surface area contributed by atoms with Gasteiger partial charge >= 0.3 is 0 Å². The second kappa shape index (κ2) is 5.63. The van der Waals surface area contributed by atoms with Crippen LogP contribution in [0.3, 0.4) is 0 Å². The molecule has 2 N–H and O–H groups in total. The van der Waals surface area contributed by atoms with Crippen LogP contribution in [0.2, 0.25) is 0 Å². The molecule has 3 heterocycles. The third-order valence-electron chi connectivity index (χ3n) is 4.01. The minimum Gasteiger partial charge on any atom is -0.329 e. The summed E-state index contributed by atoms with van der Waals surface area (Å²) in [6, 6.07) is 2.09. The summed E-state index contributed by atoms with van der Waals surface area (Å²) in [6.45, 7) is 4.39. The van der Waals surface area contributed by atoms with E-state index in [1.165, 1.54) is 24.2 Å². The van der Waals surface area contributed by atoms with E-state index >= 15 is 0 Å². The van der Waals surface area contributed by atoms with E-state index in [2.05, 4.69) is 9.88 Å². The molecule has 20 heavy (non-hydrogen) atoms. The van der Waals surface area contributed by atoms with Crippen LogP contribution in [0.15, 0.2) is 16.2 Å². The van der Waals surface area contributed by atoms with Crippen LogP contribution in [0.25, 0.3) is 4.96 Å². The molecular weight excluding hydrogens is 272 g/mol. The quantitative estimate of drug-likeness (QED) is 0.928. The van der Waals surface area contributed by atoms with E-state index in [1.807, 2.05) is 12.3 Å². The Morgan fingerprint density at radius 3 is 3.15 bits per heavy atom. The van der Waals surface area contributed by atoms with Gasteiger partial charge in [-0.2, -0.15) is 0 Å². The van der Waals surface area contributed by atoms with Crippen LogP contribution in [0.1, 0.15) is 30.7 Å². The van der Waals surface area contributed by atoms with E-state index in [1.54, 1.807) is 10.5 Å². The first-order valence-electron chi connectivity index (χ1n) is 7.10. The fourth-order valence-corrected chi connectivity index (χ4v) is 3.82. The monoisotopic (exact) mass is 292 g/mol. The van der Waals surface area contributed by atoms with Crippen LogP contribution in [-0.2, 0) is 6.54 Å². The van der Waals surface area contributed by atoms with Crippen molar-refractivity contribution in [3.8, 4) is 0 Å². The first kappa shape index (κ1) is 13.7. The Kier molecular flexibility index (Phi) is 3.87. The van der Waals surface area contributed by atoms with Crippen molar-refractivity contribution in [3.63, 3.8) is 0 Å². The van der Waals surface area contributed by atoms with E-state index < -0.39 is 0 Å². The fraction of sp³-hybridized carbons (Fsp3) is 0.571. The highest BCUT2D eigenvalue weighted by atomic mass is 32.1. The fourth-order valence-electron chi connectivity index (χ4n) is 2.93. The lowest BCUT2D eigenvalue weighted by atomic mass is 10.0. The summed E-state index contributed by atoms with van der Waals surface area (Å²) in [6.07, 6.45) is 3.60. The standard InChI is InChI=1S/C14H20N4OS/c1-10-9-20-14-16-11(6-13(19)18(10)14)8-17-5-3-2-4-12(17)7-15/h6,9,12H,2-5,7-8,15H2,1H3. The average Bonchev–Trinajstić information content (AvgIpc) is 2.81. The van der Waals surface area contributed by atoms with Gasteiger partial charge in [-0.3, -0.25) is 14.1 Å². The van der Waals surface area contributed by atoms with Crippen molar-refractivity contribution in [2.45, 2.75) is 38.8 Å². The number of hydrogen-bond donors (Lipinski definition) is 1. The first-order chi connectivity index (χ1) is 9.69. The number of likely N-dealkylation sites (tertiary alicyclic amines) is 1. The minimum atomic E-state index is 0.0186. The molecule has 2 aromatic rings. The molecule has 0 bridgehead atoms. The molecule has 6 heteroatoms. The van der Waals surface area contributed by atoms with Gasteiger partial charge in [0, 0.05) is 36.3 Å². The van der Waals surface area contributed by atoms with Crippen molar-refractivity contribution in [2.75, 3.05) is 13.1 Å². The van der Waals surface area contributed by atoms with E-state index in [-0.39, 0.29) is 5.56 Å². The Labute approximate surface area is 122 Å². The SMILES string of the molecule is Cc1csc2nc(CN3CCCCC3CN)cc(=O)n12. The van der Waals surface area contributed by atoms with Gasteiger partial charge in [-0.1, -0.05) is 6.42 Å². The van der Waals surface area contributed by atoms with Crippen LogP contribution >= 0.6 is 11.3 Å². The molecule has 108 valence electrons. The Hall–Kier alpha value is -1.24. The lowest BCUT2D eigenvalue weighted by Gasteiger charge is -2.34. The normalized spacial score (nSPS) is 20.6. The molecule has 1 atom stereocenters. The van der Waals surface area contributed by atoms with Crippen LogP contribution in [0.4, 0.5) is 0 Å². The molecule has 0 aliphatic carbocycles. The third-order valence-corrected chi connectivity index (χ3v) is 4.96. The topological polar surface area (TPSA) is 63.6 Å². The zero-order valence-corrected chi connectivity index (χ0v) is 12.5. The Morgan fingerprint density at radius 2 is 2.35 bits per heavy atom. The van der Waals surface area contributed by atoms with Crippen LogP contribution in [0.5, 0.6) is 0 Å². The number of aryl methyl sites for hydroxylation is 1. The van der Waals surface area contributed by atoms with Gasteiger partial charge in [0.25, 0.3) is 5.56 Å². The number of nitrogens with zero attached hydrogens (tertiary/aromatic N) is 3. The molecule has 2 aromatic heterocycles. The molecule has 1 fully saturated rings. The van der Waals surface area contributed by atoms with Gasteiger partial charge in [-0.25, -0.2) is 4.98 Å². The van der Waals surface area contributed by atoms with Crippen molar-refractivity contribution in [2.24, 2.45) is 5.73 Å². The van der Waals surface area contributed by atoms with Gasteiger partial charge < -0.3 is 5.73 Å². The second-order valence-electron chi connectivity index (χ2n) is 5.44. The number of piperidine rings is 1. The molecule has 0 spiro atoms. The van der Waals surface area contributed by atoms with Gasteiger partial charge in [0.05, 0.1) is 5.69 Å². The van der Waals surface area contributed by atoms with Crippen molar-refractivity contribution < 1.29 is 0 Å². The van der Waals surface area contributed by atoms with Gasteiger partial charge in [0.15, 0.2) is 4.96 Å². The number of fused-ring (bicyclic) bond motifs is 1. The molecule has 1 saturated heterocycles. The minimum absolute atomic E-state index is 0.0186. The first-order valence-corrected chi connectivity index (χ1v) is 7.98. The van der Waals surface area contributed by atoms with Crippen LogP contribution in [0, 0.1) is 6.92 Å². The van der Waals surface area contributed by atoms with E-state index in [0.717, 1.165) is 35.9 Å². The number of aromatic nitrogens is 2. The van der Waals surface area contributed by atoms with Gasteiger partial charge in [-0.05, 0) is 26.3 Å². The van der Waals surface area contributed by atoms with Crippen molar-refractivity contribution in [1.29, 1.82) is 0 Å². The second-order valence-corrected chi connectivity index (χ2v) is 6.27. The zero-order chi connectivity index (χ0) is 14.1. The lowest BCUT2D eigenvalue weighted by molar-refractivity contribution is 0.143. The maximum Gasteiger partial charge on any atom is 0.259 e. The lowest BCUT2D eigenvalue weighted by Crippen LogP contribution is -2.43. The Bertz CT molecular complexity index is 663. The molecule has 5 nitrogen and oxygen atoms in total. The van der Waals surface area contributed by atoms with Gasteiger partial charge in [0.2, 0.25) is 0 Å². The molecule has 3 rings (SSSR count). The van der Waals surface area contributed by atoms with Crippen molar-refractivity contribution in [1.82, 2.24) is 14.3 Å².